The Morgan fingerprint density at radius 3 is 2.30 bits per heavy atom. The molecule has 0 radical (unpaired) electrons. The summed E-state index contributed by atoms with van der Waals surface area (Å²) >= 11 is 0. The molecule has 0 bridgehead atoms. The molecular weight excluding hydrogens is 306 g/mol. The Morgan fingerprint density at radius 2 is 1.57 bits per heavy atom. The quantitative estimate of drug-likeness (QED) is 0.853. The van der Waals surface area contributed by atoms with Crippen molar-refractivity contribution in [2.75, 3.05) is 0 Å². The molecule has 23 heavy (non-hydrogen) atoms. The van der Waals surface area contributed by atoms with Gasteiger partial charge in [0.25, 0.3) is 0 Å². The Hall–Kier alpha value is -1.65. The highest BCUT2D eigenvalue weighted by Crippen LogP contribution is 2.43. The van der Waals surface area contributed by atoms with Crippen molar-refractivity contribution in [1.82, 2.24) is 4.31 Å². The van der Waals surface area contributed by atoms with Gasteiger partial charge in [-0.1, -0.05) is 42.5 Å². The third-order valence-corrected chi connectivity index (χ3v) is 6.85. The highest BCUT2D eigenvalue weighted by atomic mass is 32.2. The molecule has 0 aliphatic heterocycles. The van der Waals surface area contributed by atoms with E-state index in [2.05, 4.69) is 12.1 Å². The molecule has 3 nitrogen and oxygen atoms in total. The number of aryl methyl sites for hydroxylation is 1. The van der Waals surface area contributed by atoms with Gasteiger partial charge in [-0.3, -0.25) is 0 Å². The number of hydrogen-bond donors (Lipinski definition) is 0. The fraction of sp³-hybridized carbons (Fsp3) is 0.368. The summed E-state index contributed by atoms with van der Waals surface area (Å²) in [5.41, 5.74) is 2.50. The van der Waals surface area contributed by atoms with Gasteiger partial charge in [-0.2, -0.15) is 4.31 Å². The molecule has 0 spiro atoms. The van der Waals surface area contributed by atoms with Gasteiger partial charge >= 0.3 is 0 Å². The van der Waals surface area contributed by atoms with Crippen LogP contribution in [0.3, 0.4) is 0 Å². The maximum absolute atomic E-state index is 13.2. The van der Waals surface area contributed by atoms with Crippen LogP contribution in [-0.4, -0.2) is 18.8 Å². The molecule has 2 aliphatic rings. The van der Waals surface area contributed by atoms with Crippen LogP contribution in [0.1, 0.15) is 42.9 Å². The standard InChI is InChI=1S/C19H21NO2S/c21-23(22,17-9-2-1-3-10-17)20(16-13-14-16)19-12-6-8-15-7-4-5-11-18(15)19/h1-5,7,9-11,16,19H,6,8,12-14H2. The molecule has 2 aromatic carbocycles. The van der Waals surface area contributed by atoms with Crippen molar-refractivity contribution >= 4 is 10.0 Å². The second-order valence-corrected chi connectivity index (χ2v) is 8.33. The minimum absolute atomic E-state index is 0.0161. The lowest BCUT2D eigenvalue weighted by atomic mass is 9.87. The third kappa shape index (κ3) is 2.70. The van der Waals surface area contributed by atoms with Crippen LogP contribution >= 0.6 is 0 Å². The Balaban J connectivity index is 1.79. The van der Waals surface area contributed by atoms with E-state index in [1.165, 1.54) is 11.1 Å². The average molecular weight is 327 g/mol. The Bertz CT molecular complexity index is 797. The first kappa shape index (κ1) is 14.9. The van der Waals surface area contributed by atoms with Gasteiger partial charge < -0.3 is 0 Å². The van der Waals surface area contributed by atoms with E-state index >= 15 is 0 Å². The Morgan fingerprint density at radius 1 is 0.870 bits per heavy atom. The van der Waals surface area contributed by atoms with E-state index < -0.39 is 10.0 Å². The topological polar surface area (TPSA) is 37.4 Å². The minimum atomic E-state index is -3.45. The molecule has 1 atom stereocenters. The van der Waals surface area contributed by atoms with E-state index in [0.29, 0.717) is 4.90 Å². The lowest BCUT2D eigenvalue weighted by Crippen LogP contribution is -2.38. The van der Waals surface area contributed by atoms with Gasteiger partial charge in [0, 0.05) is 6.04 Å². The molecule has 120 valence electrons. The third-order valence-electron chi connectivity index (χ3n) is 4.87. The fourth-order valence-corrected chi connectivity index (χ4v) is 5.56. The van der Waals surface area contributed by atoms with Crippen molar-refractivity contribution in [3.8, 4) is 0 Å². The molecule has 0 amide bonds. The summed E-state index contributed by atoms with van der Waals surface area (Å²) in [7, 11) is -3.45. The molecule has 0 aromatic heterocycles. The first-order chi connectivity index (χ1) is 11.2. The minimum Gasteiger partial charge on any atom is -0.207 e. The van der Waals surface area contributed by atoms with Gasteiger partial charge in [-0.25, -0.2) is 8.42 Å². The normalized spacial score (nSPS) is 21.2. The summed E-state index contributed by atoms with van der Waals surface area (Å²) in [4.78, 5) is 0.412. The maximum atomic E-state index is 13.2. The number of benzene rings is 2. The molecule has 0 heterocycles. The number of nitrogens with zero attached hydrogens (tertiary/aromatic N) is 1. The summed E-state index contributed by atoms with van der Waals surface area (Å²) in [5, 5.41) is 0. The van der Waals surface area contributed by atoms with Crippen LogP contribution in [0.2, 0.25) is 0 Å². The van der Waals surface area contributed by atoms with E-state index in [9.17, 15) is 8.42 Å². The second-order valence-electron chi connectivity index (χ2n) is 6.49. The SMILES string of the molecule is O=S(=O)(c1ccccc1)N(C1CC1)C1CCCc2ccccc21. The summed E-state index contributed by atoms with van der Waals surface area (Å²) in [5.74, 6) is 0. The number of sulfonamides is 1. The maximum Gasteiger partial charge on any atom is 0.243 e. The highest BCUT2D eigenvalue weighted by Gasteiger charge is 2.44. The van der Waals surface area contributed by atoms with E-state index in [-0.39, 0.29) is 12.1 Å². The van der Waals surface area contributed by atoms with Crippen LogP contribution in [0.4, 0.5) is 0 Å². The average Bonchev–Trinajstić information content (AvgIpc) is 3.41. The Kier molecular flexibility index (Phi) is 3.74. The van der Waals surface area contributed by atoms with E-state index in [4.69, 9.17) is 0 Å². The first-order valence-electron chi connectivity index (χ1n) is 8.34. The number of rotatable bonds is 4. The van der Waals surface area contributed by atoms with Gasteiger partial charge in [0.2, 0.25) is 10.0 Å². The number of hydrogen-bond acceptors (Lipinski definition) is 2. The van der Waals surface area contributed by atoms with Crippen LogP contribution in [0, 0.1) is 0 Å². The molecule has 0 saturated heterocycles. The zero-order valence-corrected chi connectivity index (χ0v) is 13.9. The molecule has 2 aromatic rings. The van der Waals surface area contributed by atoms with Crippen molar-refractivity contribution in [3.05, 3.63) is 65.7 Å². The predicted octanol–water partition coefficient (Wildman–Crippen LogP) is 3.92. The monoisotopic (exact) mass is 327 g/mol. The summed E-state index contributed by atoms with van der Waals surface area (Å²) in [6.45, 7) is 0. The molecular formula is C19H21NO2S. The van der Waals surface area contributed by atoms with Crippen LogP contribution in [0.15, 0.2) is 59.5 Å². The van der Waals surface area contributed by atoms with E-state index in [1.807, 2.05) is 18.2 Å². The van der Waals surface area contributed by atoms with Crippen molar-refractivity contribution in [1.29, 1.82) is 0 Å². The second kappa shape index (κ2) is 5.77. The zero-order valence-electron chi connectivity index (χ0n) is 13.1. The summed E-state index contributed by atoms with van der Waals surface area (Å²) < 4.78 is 28.3. The molecule has 4 rings (SSSR count). The smallest absolute Gasteiger partial charge is 0.207 e. The van der Waals surface area contributed by atoms with Gasteiger partial charge in [0.05, 0.1) is 10.9 Å². The van der Waals surface area contributed by atoms with E-state index in [1.54, 1.807) is 28.6 Å². The first-order valence-corrected chi connectivity index (χ1v) is 9.78. The lowest BCUT2D eigenvalue weighted by Gasteiger charge is -2.35. The number of fused-ring (bicyclic) bond motifs is 1. The van der Waals surface area contributed by atoms with Gasteiger partial charge in [-0.05, 0) is 55.4 Å². The summed E-state index contributed by atoms with van der Waals surface area (Å²) in [6.07, 6.45) is 4.97. The van der Waals surface area contributed by atoms with Gasteiger partial charge in [0.1, 0.15) is 0 Å². The van der Waals surface area contributed by atoms with Crippen LogP contribution in [0.5, 0.6) is 0 Å². The zero-order chi connectivity index (χ0) is 15.9. The summed E-state index contributed by atoms with van der Waals surface area (Å²) in [6, 6.07) is 17.3. The van der Waals surface area contributed by atoms with Gasteiger partial charge in [-0.15, -0.1) is 0 Å². The van der Waals surface area contributed by atoms with Crippen LogP contribution < -0.4 is 0 Å². The molecule has 1 unspecified atom stereocenters. The largest absolute Gasteiger partial charge is 0.243 e. The van der Waals surface area contributed by atoms with Gasteiger partial charge in [0.15, 0.2) is 0 Å². The molecule has 1 fully saturated rings. The molecule has 0 N–H and O–H groups in total. The van der Waals surface area contributed by atoms with Crippen molar-refractivity contribution in [3.63, 3.8) is 0 Å². The van der Waals surface area contributed by atoms with Crippen LogP contribution in [-0.2, 0) is 16.4 Å². The lowest BCUT2D eigenvalue weighted by molar-refractivity contribution is 0.286. The Labute approximate surface area is 138 Å². The molecule has 4 heteroatoms. The molecule has 2 aliphatic carbocycles. The van der Waals surface area contributed by atoms with Crippen LogP contribution in [0.25, 0.3) is 0 Å². The van der Waals surface area contributed by atoms with Crippen molar-refractivity contribution < 1.29 is 8.42 Å². The fourth-order valence-electron chi connectivity index (χ4n) is 3.65. The molecule has 1 saturated carbocycles. The van der Waals surface area contributed by atoms with E-state index in [0.717, 1.165) is 32.1 Å². The highest BCUT2D eigenvalue weighted by molar-refractivity contribution is 7.89. The van der Waals surface area contributed by atoms with Crippen molar-refractivity contribution in [2.24, 2.45) is 0 Å². The predicted molar refractivity (Wildman–Crippen MR) is 90.6 cm³/mol. The van der Waals surface area contributed by atoms with Crippen molar-refractivity contribution in [2.45, 2.75) is 49.1 Å².